The molecule has 0 aliphatic carbocycles. The van der Waals surface area contributed by atoms with Crippen LogP contribution in [0.25, 0.3) is 0 Å². The molecule has 0 radical (unpaired) electrons. The van der Waals surface area contributed by atoms with Gasteiger partial charge in [0.1, 0.15) is 0 Å². The van der Waals surface area contributed by atoms with Crippen LogP contribution in [-0.4, -0.2) is 29.6 Å². The Labute approximate surface area is 97.3 Å². The third kappa shape index (κ3) is 2.74. The van der Waals surface area contributed by atoms with E-state index >= 15 is 0 Å². The fourth-order valence-corrected chi connectivity index (χ4v) is 2.27. The third-order valence-corrected chi connectivity index (χ3v) is 4.40. The Balaban J connectivity index is 2.99. The van der Waals surface area contributed by atoms with Crippen molar-refractivity contribution in [2.24, 2.45) is 0 Å². The van der Waals surface area contributed by atoms with Gasteiger partial charge in [-0.3, -0.25) is 0 Å². The highest BCUT2D eigenvalue weighted by molar-refractivity contribution is 7.89. The molecular weight excluding hydrogens is 224 g/mol. The van der Waals surface area contributed by atoms with Crippen molar-refractivity contribution in [1.29, 1.82) is 0 Å². The van der Waals surface area contributed by atoms with Gasteiger partial charge in [0.25, 0.3) is 0 Å². The molecule has 0 aromatic heterocycles. The number of benzene rings is 1. The van der Waals surface area contributed by atoms with E-state index in [1.807, 2.05) is 43.3 Å². The molecule has 0 spiro atoms. The maximum atomic E-state index is 11.6. The van der Waals surface area contributed by atoms with Gasteiger partial charge in [0.15, 0.2) is 0 Å². The zero-order valence-electron chi connectivity index (χ0n) is 10.1. The Kier molecular flexibility index (Phi) is 3.93. The summed E-state index contributed by atoms with van der Waals surface area (Å²) in [7, 11) is 2.08. The molecule has 0 bridgehead atoms. The zero-order chi connectivity index (χ0) is 12.3. The van der Waals surface area contributed by atoms with Crippen molar-refractivity contribution in [2.45, 2.75) is 12.2 Å². The first kappa shape index (κ1) is 13.0. The first-order valence-electron chi connectivity index (χ1n) is 5.08. The molecule has 1 rings (SSSR count). The van der Waals surface area contributed by atoms with Crippen LogP contribution in [-0.2, 0) is 10.0 Å². The number of hydrogen-bond acceptors (Lipinski definition) is 3. The summed E-state index contributed by atoms with van der Waals surface area (Å²) in [6.45, 7) is 1.68. The van der Waals surface area contributed by atoms with Crippen molar-refractivity contribution in [3.8, 4) is 0 Å². The second-order valence-corrected chi connectivity index (χ2v) is 6.08. The first-order chi connectivity index (χ1) is 7.38. The standard InChI is InChI=1S/C11H18N2O2S/c1-9(16(14,15)12-2)10-5-7-11(8-6-10)13(3)4/h5-9,12H,1-4H3. The molecule has 1 atom stereocenters. The van der Waals surface area contributed by atoms with Crippen molar-refractivity contribution in [3.63, 3.8) is 0 Å². The van der Waals surface area contributed by atoms with Crippen LogP contribution in [0.3, 0.4) is 0 Å². The van der Waals surface area contributed by atoms with E-state index in [1.165, 1.54) is 7.05 Å². The lowest BCUT2D eigenvalue weighted by Gasteiger charge is -2.15. The molecule has 1 unspecified atom stereocenters. The molecule has 0 aliphatic rings. The zero-order valence-corrected chi connectivity index (χ0v) is 10.9. The quantitative estimate of drug-likeness (QED) is 0.867. The molecule has 0 saturated carbocycles. The smallest absolute Gasteiger partial charge is 0.218 e. The van der Waals surface area contributed by atoms with Crippen LogP contribution in [0.4, 0.5) is 5.69 Å². The largest absolute Gasteiger partial charge is 0.378 e. The number of nitrogens with one attached hydrogen (secondary N) is 1. The van der Waals surface area contributed by atoms with E-state index in [0.717, 1.165) is 11.3 Å². The number of anilines is 1. The summed E-state index contributed by atoms with van der Waals surface area (Å²) in [6, 6.07) is 7.51. The number of rotatable bonds is 4. The van der Waals surface area contributed by atoms with Crippen LogP contribution in [0.2, 0.25) is 0 Å². The van der Waals surface area contributed by atoms with Crippen molar-refractivity contribution in [1.82, 2.24) is 4.72 Å². The van der Waals surface area contributed by atoms with E-state index in [0.29, 0.717) is 0 Å². The third-order valence-electron chi connectivity index (χ3n) is 2.63. The van der Waals surface area contributed by atoms with E-state index in [9.17, 15) is 8.42 Å². The summed E-state index contributed by atoms with van der Waals surface area (Å²) >= 11 is 0. The van der Waals surface area contributed by atoms with Gasteiger partial charge in [0.2, 0.25) is 10.0 Å². The van der Waals surface area contributed by atoms with E-state index in [4.69, 9.17) is 0 Å². The molecule has 16 heavy (non-hydrogen) atoms. The van der Waals surface area contributed by atoms with Crippen LogP contribution in [0.5, 0.6) is 0 Å². The van der Waals surface area contributed by atoms with Crippen molar-refractivity contribution in [3.05, 3.63) is 29.8 Å². The Bertz CT molecular complexity index is 438. The number of nitrogens with zero attached hydrogens (tertiary/aromatic N) is 1. The number of hydrogen-bond donors (Lipinski definition) is 1. The summed E-state index contributed by atoms with van der Waals surface area (Å²) in [5, 5.41) is -0.534. The van der Waals surface area contributed by atoms with E-state index in [1.54, 1.807) is 6.92 Å². The van der Waals surface area contributed by atoms with E-state index in [-0.39, 0.29) is 0 Å². The predicted molar refractivity (Wildman–Crippen MR) is 67.2 cm³/mol. The molecule has 1 aromatic carbocycles. The molecule has 5 heteroatoms. The minimum atomic E-state index is -3.25. The van der Waals surface area contributed by atoms with Crippen molar-refractivity contribution < 1.29 is 8.42 Å². The summed E-state index contributed by atoms with van der Waals surface area (Å²) in [4.78, 5) is 1.97. The minimum absolute atomic E-state index is 0.534. The minimum Gasteiger partial charge on any atom is -0.378 e. The second kappa shape index (κ2) is 4.84. The van der Waals surface area contributed by atoms with Gasteiger partial charge in [0, 0.05) is 19.8 Å². The Morgan fingerprint density at radius 1 is 1.19 bits per heavy atom. The van der Waals surface area contributed by atoms with Crippen molar-refractivity contribution in [2.75, 3.05) is 26.0 Å². The summed E-state index contributed by atoms with van der Waals surface area (Å²) in [6.07, 6.45) is 0. The Morgan fingerprint density at radius 2 is 1.69 bits per heavy atom. The fourth-order valence-electron chi connectivity index (χ4n) is 1.40. The molecule has 0 fully saturated rings. The van der Waals surface area contributed by atoms with Crippen LogP contribution >= 0.6 is 0 Å². The van der Waals surface area contributed by atoms with Gasteiger partial charge in [-0.1, -0.05) is 12.1 Å². The topological polar surface area (TPSA) is 49.4 Å². The van der Waals surface area contributed by atoms with Crippen LogP contribution < -0.4 is 9.62 Å². The molecule has 4 nitrogen and oxygen atoms in total. The molecular formula is C11H18N2O2S. The molecule has 90 valence electrons. The van der Waals surface area contributed by atoms with Crippen LogP contribution in [0, 0.1) is 0 Å². The van der Waals surface area contributed by atoms with Crippen LogP contribution in [0.1, 0.15) is 17.7 Å². The fraction of sp³-hybridized carbons (Fsp3) is 0.455. The summed E-state index contributed by atoms with van der Waals surface area (Å²) in [5.41, 5.74) is 1.85. The monoisotopic (exact) mass is 242 g/mol. The molecule has 0 heterocycles. The van der Waals surface area contributed by atoms with Crippen LogP contribution in [0.15, 0.2) is 24.3 Å². The van der Waals surface area contributed by atoms with Gasteiger partial charge >= 0.3 is 0 Å². The maximum absolute atomic E-state index is 11.6. The summed E-state index contributed by atoms with van der Waals surface area (Å²) < 4.78 is 25.5. The van der Waals surface area contributed by atoms with Gasteiger partial charge in [0.05, 0.1) is 5.25 Å². The normalized spacial score (nSPS) is 13.5. The second-order valence-electron chi connectivity index (χ2n) is 3.88. The maximum Gasteiger partial charge on any atom is 0.218 e. The average molecular weight is 242 g/mol. The first-order valence-corrected chi connectivity index (χ1v) is 6.62. The SMILES string of the molecule is CNS(=O)(=O)C(C)c1ccc(N(C)C)cc1. The highest BCUT2D eigenvalue weighted by atomic mass is 32.2. The predicted octanol–water partition coefficient (Wildman–Crippen LogP) is 1.36. The molecule has 1 N–H and O–H groups in total. The van der Waals surface area contributed by atoms with E-state index < -0.39 is 15.3 Å². The highest BCUT2D eigenvalue weighted by Crippen LogP contribution is 2.22. The number of sulfonamides is 1. The van der Waals surface area contributed by atoms with Gasteiger partial charge in [-0.2, -0.15) is 0 Å². The van der Waals surface area contributed by atoms with Gasteiger partial charge < -0.3 is 4.90 Å². The Hall–Kier alpha value is -1.07. The van der Waals surface area contributed by atoms with E-state index in [2.05, 4.69) is 4.72 Å². The molecule has 0 saturated heterocycles. The van der Waals surface area contributed by atoms with Gasteiger partial charge in [-0.15, -0.1) is 0 Å². The lowest BCUT2D eigenvalue weighted by molar-refractivity contribution is 0.578. The van der Waals surface area contributed by atoms with Gasteiger partial charge in [-0.05, 0) is 31.7 Å². The average Bonchev–Trinajstić information content (AvgIpc) is 2.28. The Morgan fingerprint density at radius 3 is 2.06 bits per heavy atom. The lowest BCUT2D eigenvalue weighted by atomic mass is 10.1. The van der Waals surface area contributed by atoms with Gasteiger partial charge in [-0.25, -0.2) is 13.1 Å². The summed E-state index contributed by atoms with van der Waals surface area (Å²) in [5.74, 6) is 0. The molecule has 0 amide bonds. The highest BCUT2D eigenvalue weighted by Gasteiger charge is 2.20. The molecule has 0 aliphatic heterocycles. The molecule has 1 aromatic rings. The van der Waals surface area contributed by atoms with Crippen molar-refractivity contribution >= 4 is 15.7 Å². The lowest BCUT2D eigenvalue weighted by Crippen LogP contribution is -2.24.